The largest absolute Gasteiger partial charge is 0.494 e. The SMILES string of the molecule is Cl.NCCCNC(=O)CCCOc1cccc(Br)c1. The van der Waals surface area contributed by atoms with E-state index in [9.17, 15) is 4.79 Å². The Bertz CT molecular complexity index is 377. The number of hydrogen-bond donors (Lipinski definition) is 2. The van der Waals surface area contributed by atoms with Crippen LogP contribution >= 0.6 is 28.3 Å². The van der Waals surface area contributed by atoms with Crippen LogP contribution in [0.25, 0.3) is 0 Å². The van der Waals surface area contributed by atoms with Gasteiger partial charge in [-0.1, -0.05) is 22.0 Å². The summed E-state index contributed by atoms with van der Waals surface area (Å²) < 4.78 is 6.52. The summed E-state index contributed by atoms with van der Waals surface area (Å²) in [4.78, 5) is 11.4. The van der Waals surface area contributed by atoms with Gasteiger partial charge >= 0.3 is 0 Å². The highest BCUT2D eigenvalue weighted by atomic mass is 79.9. The number of carbonyl (C=O) groups excluding carboxylic acids is 1. The van der Waals surface area contributed by atoms with Gasteiger partial charge in [0.25, 0.3) is 0 Å². The second-order valence-corrected chi connectivity index (χ2v) is 4.82. The monoisotopic (exact) mass is 350 g/mol. The molecule has 0 saturated carbocycles. The fraction of sp³-hybridized carbons (Fsp3) is 0.462. The van der Waals surface area contributed by atoms with Gasteiger partial charge in [-0.15, -0.1) is 12.4 Å². The summed E-state index contributed by atoms with van der Waals surface area (Å²) in [7, 11) is 0. The average molecular weight is 352 g/mol. The first-order valence-electron chi connectivity index (χ1n) is 6.07. The lowest BCUT2D eigenvalue weighted by atomic mass is 10.3. The quantitative estimate of drug-likeness (QED) is 0.707. The number of nitrogens with one attached hydrogen (secondary N) is 1. The Balaban J connectivity index is 0.00000324. The third kappa shape index (κ3) is 8.86. The summed E-state index contributed by atoms with van der Waals surface area (Å²) in [5.41, 5.74) is 5.34. The standard InChI is InChI=1S/C13H19BrN2O2.ClH/c14-11-4-1-5-12(10-11)18-9-2-6-13(17)16-8-3-7-15;/h1,4-5,10H,2-3,6-9,15H2,(H,16,17);1H. The molecule has 3 N–H and O–H groups in total. The zero-order valence-electron chi connectivity index (χ0n) is 10.7. The lowest BCUT2D eigenvalue weighted by Crippen LogP contribution is -2.26. The molecule has 4 nitrogen and oxygen atoms in total. The molecule has 0 heterocycles. The highest BCUT2D eigenvalue weighted by Crippen LogP contribution is 2.17. The molecule has 1 aromatic carbocycles. The summed E-state index contributed by atoms with van der Waals surface area (Å²) in [6, 6.07) is 7.66. The smallest absolute Gasteiger partial charge is 0.220 e. The van der Waals surface area contributed by atoms with Crippen LogP contribution in [0.5, 0.6) is 5.75 Å². The van der Waals surface area contributed by atoms with Gasteiger partial charge < -0.3 is 15.8 Å². The minimum Gasteiger partial charge on any atom is -0.494 e. The molecule has 0 atom stereocenters. The molecule has 19 heavy (non-hydrogen) atoms. The third-order valence-electron chi connectivity index (χ3n) is 2.32. The van der Waals surface area contributed by atoms with E-state index in [2.05, 4.69) is 21.2 Å². The fourth-order valence-corrected chi connectivity index (χ4v) is 1.78. The first-order valence-corrected chi connectivity index (χ1v) is 6.87. The van der Waals surface area contributed by atoms with Crippen molar-refractivity contribution in [3.63, 3.8) is 0 Å². The van der Waals surface area contributed by atoms with E-state index in [1.807, 2.05) is 24.3 Å². The first-order chi connectivity index (χ1) is 8.72. The maximum Gasteiger partial charge on any atom is 0.220 e. The Hall–Kier alpha value is -0.780. The zero-order chi connectivity index (χ0) is 13.2. The lowest BCUT2D eigenvalue weighted by Gasteiger charge is -2.07. The van der Waals surface area contributed by atoms with Gasteiger partial charge in [0.2, 0.25) is 5.91 Å². The van der Waals surface area contributed by atoms with Gasteiger partial charge in [-0.25, -0.2) is 0 Å². The molecule has 0 aliphatic carbocycles. The topological polar surface area (TPSA) is 64.3 Å². The van der Waals surface area contributed by atoms with Crippen molar-refractivity contribution in [3.8, 4) is 5.75 Å². The molecular weight excluding hydrogens is 332 g/mol. The van der Waals surface area contributed by atoms with Crippen molar-refractivity contribution in [3.05, 3.63) is 28.7 Å². The highest BCUT2D eigenvalue weighted by molar-refractivity contribution is 9.10. The molecule has 0 aromatic heterocycles. The van der Waals surface area contributed by atoms with Crippen molar-refractivity contribution in [1.29, 1.82) is 0 Å². The number of carbonyl (C=O) groups is 1. The Morgan fingerprint density at radius 2 is 2.16 bits per heavy atom. The molecule has 0 fully saturated rings. The van der Waals surface area contributed by atoms with E-state index in [1.54, 1.807) is 0 Å². The number of amides is 1. The maximum absolute atomic E-state index is 11.4. The van der Waals surface area contributed by atoms with Crippen LogP contribution in [-0.2, 0) is 4.79 Å². The van der Waals surface area contributed by atoms with Gasteiger partial charge in [0.1, 0.15) is 5.75 Å². The third-order valence-corrected chi connectivity index (χ3v) is 2.81. The van der Waals surface area contributed by atoms with Crippen LogP contribution in [-0.4, -0.2) is 25.6 Å². The number of nitrogens with two attached hydrogens (primary N) is 1. The number of rotatable bonds is 8. The fourth-order valence-electron chi connectivity index (χ4n) is 1.40. The summed E-state index contributed by atoms with van der Waals surface area (Å²) >= 11 is 3.38. The van der Waals surface area contributed by atoms with Crippen molar-refractivity contribution in [2.75, 3.05) is 19.7 Å². The molecule has 1 aromatic rings. The van der Waals surface area contributed by atoms with Crippen molar-refractivity contribution >= 4 is 34.2 Å². The zero-order valence-corrected chi connectivity index (χ0v) is 13.1. The second-order valence-electron chi connectivity index (χ2n) is 3.90. The van der Waals surface area contributed by atoms with Crippen molar-refractivity contribution in [2.45, 2.75) is 19.3 Å². The average Bonchev–Trinajstić information content (AvgIpc) is 2.35. The van der Waals surface area contributed by atoms with Gasteiger partial charge in [-0.3, -0.25) is 4.79 Å². The predicted octanol–water partition coefficient (Wildman–Crippen LogP) is 2.49. The van der Waals surface area contributed by atoms with Crippen LogP contribution < -0.4 is 15.8 Å². The molecular formula is C13H20BrClN2O2. The van der Waals surface area contributed by atoms with Gasteiger partial charge in [-0.05, 0) is 37.6 Å². The van der Waals surface area contributed by atoms with Gasteiger partial charge in [0.05, 0.1) is 6.61 Å². The van der Waals surface area contributed by atoms with Crippen molar-refractivity contribution in [1.82, 2.24) is 5.32 Å². The highest BCUT2D eigenvalue weighted by Gasteiger charge is 2.00. The number of benzene rings is 1. The Kier molecular flexibility index (Phi) is 10.6. The lowest BCUT2D eigenvalue weighted by molar-refractivity contribution is -0.121. The Labute approximate surface area is 128 Å². The summed E-state index contributed by atoms with van der Waals surface area (Å²) in [5.74, 6) is 0.870. The van der Waals surface area contributed by atoms with Crippen LogP contribution in [0.3, 0.4) is 0 Å². The predicted molar refractivity (Wildman–Crippen MR) is 82.8 cm³/mol. The van der Waals surface area contributed by atoms with Crippen LogP contribution in [0.1, 0.15) is 19.3 Å². The van der Waals surface area contributed by atoms with Gasteiger partial charge in [0.15, 0.2) is 0 Å². The summed E-state index contributed by atoms with van der Waals surface area (Å²) in [5, 5.41) is 2.81. The molecule has 1 amide bonds. The van der Waals surface area contributed by atoms with Crippen molar-refractivity contribution in [2.24, 2.45) is 5.73 Å². The molecule has 0 aliphatic heterocycles. The molecule has 0 bridgehead atoms. The molecule has 108 valence electrons. The second kappa shape index (κ2) is 11.1. The van der Waals surface area contributed by atoms with Crippen LogP contribution in [0.15, 0.2) is 28.7 Å². The number of halogens is 2. The van der Waals surface area contributed by atoms with Crippen LogP contribution in [0.2, 0.25) is 0 Å². The number of ether oxygens (including phenoxy) is 1. The minimum atomic E-state index is 0. The molecule has 0 aliphatic rings. The van der Waals surface area contributed by atoms with E-state index in [4.69, 9.17) is 10.5 Å². The number of hydrogen-bond acceptors (Lipinski definition) is 3. The van der Waals surface area contributed by atoms with Crippen molar-refractivity contribution < 1.29 is 9.53 Å². The summed E-state index contributed by atoms with van der Waals surface area (Å²) in [6.07, 6.45) is 2.01. The molecule has 0 unspecified atom stereocenters. The summed E-state index contributed by atoms with van der Waals surface area (Å²) in [6.45, 7) is 1.80. The molecule has 0 spiro atoms. The van der Waals surface area contributed by atoms with E-state index in [1.165, 1.54) is 0 Å². The van der Waals surface area contributed by atoms with E-state index in [0.717, 1.165) is 16.6 Å². The van der Waals surface area contributed by atoms with E-state index in [0.29, 0.717) is 32.5 Å². The van der Waals surface area contributed by atoms with Crippen LogP contribution in [0.4, 0.5) is 0 Å². The molecule has 6 heteroatoms. The molecule has 0 radical (unpaired) electrons. The Morgan fingerprint density at radius 1 is 1.37 bits per heavy atom. The molecule has 0 saturated heterocycles. The molecule has 1 rings (SSSR count). The van der Waals surface area contributed by atoms with Gasteiger partial charge in [-0.2, -0.15) is 0 Å². The van der Waals surface area contributed by atoms with E-state index >= 15 is 0 Å². The van der Waals surface area contributed by atoms with E-state index in [-0.39, 0.29) is 18.3 Å². The minimum absolute atomic E-state index is 0. The normalized spacial score (nSPS) is 9.58. The van der Waals surface area contributed by atoms with Gasteiger partial charge in [0, 0.05) is 17.4 Å². The Morgan fingerprint density at radius 3 is 2.84 bits per heavy atom. The van der Waals surface area contributed by atoms with Crippen LogP contribution in [0, 0.1) is 0 Å². The maximum atomic E-state index is 11.4. The first kappa shape index (κ1) is 18.2. The van der Waals surface area contributed by atoms with E-state index < -0.39 is 0 Å².